The molecule has 150 valence electrons. The molecule has 1 saturated heterocycles. The van der Waals surface area contributed by atoms with E-state index in [1.807, 2.05) is 18.7 Å². The first kappa shape index (κ1) is 21.3. The van der Waals surface area contributed by atoms with Crippen LogP contribution in [-0.4, -0.2) is 87.3 Å². The number of hydrogen-bond donors (Lipinski definition) is 0. The highest BCUT2D eigenvalue weighted by Gasteiger charge is 2.32. The van der Waals surface area contributed by atoms with E-state index in [2.05, 4.69) is 0 Å². The zero-order valence-corrected chi connectivity index (χ0v) is 16.9. The third-order valence-electron chi connectivity index (χ3n) is 4.72. The van der Waals surface area contributed by atoms with Gasteiger partial charge in [0, 0.05) is 39.3 Å². The molecule has 1 fully saturated rings. The molecule has 0 unspecified atom stereocenters. The highest BCUT2D eigenvalue weighted by molar-refractivity contribution is 7.89. The number of piperazine rings is 1. The number of carbonyl (C=O) groups excluding carboxylic acids is 2. The molecule has 1 aliphatic rings. The first-order chi connectivity index (χ1) is 12.8. The Bertz CT molecular complexity index is 769. The van der Waals surface area contributed by atoms with E-state index in [-0.39, 0.29) is 36.0 Å². The van der Waals surface area contributed by atoms with E-state index in [1.54, 1.807) is 17.0 Å². The molecule has 0 aliphatic carbocycles. The van der Waals surface area contributed by atoms with Gasteiger partial charge in [0.1, 0.15) is 0 Å². The zero-order chi connectivity index (χ0) is 20.0. The second-order valence-electron chi connectivity index (χ2n) is 6.23. The van der Waals surface area contributed by atoms with Gasteiger partial charge in [0.15, 0.2) is 0 Å². The van der Waals surface area contributed by atoms with Crippen LogP contribution in [0.3, 0.4) is 0 Å². The Morgan fingerprint density at radius 1 is 1.07 bits per heavy atom. The highest BCUT2D eigenvalue weighted by atomic mass is 32.2. The van der Waals surface area contributed by atoms with Gasteiger partial charge < -0.3 is 9.64 Å². The topological polar surface area (TPSA) is 87.2 Å². The van der Waals surface area contributed by atoms with Gasteiger partial charge in [-0.25, -0.2) is 13.2 Å². The number of ether oxygens (including phenoxy) is 1. The van der Waals surface area contributed by atoms with E-state index in [0.717, 1.165) is 0 Å². The molecule has 0 atom stereocenters. The smallest absolute Gasteiger partial charge is 0.339 e. The predicted molar refractivity (Wildman–Crippen MR) is 101 cm³/mol. The van der Waals surface area contributed by atoms with Crippen molar-refractivity contribution in [1.29, 1.82) is 0 Å². The predicted octanol–water partition coefficient (Wildman–Crippen LogP) is 0.648. The summed E-state index contributed by atoms with van der Waals surface area (Å²) in [6, 6.07) is 6.04. The minimum absolute atomic E-state index is 0.0270. The quantitative estimate of drug-likeness (QED) is 0.628. The number of sulfonamides is 1. The molecule has 1 heterocycles. The number of carbonyl (C=O) groups is 2. The summed E-state index contributed by atoms with van der Waals surface area (Å²) in [4.78, 5) is 27.8. The standard InChI is InChI=1S/C18H27N3O5S/c1-4-20(5-2)17(22)14-19-10-12-21(13-11-19)27(24,25)16-9-7-6-8-15(16)18(23)26-3/h6-9H,4-5,10-14H2,1-3H3. The highest BCUT2D eigenvalue weighted by Crippen LogP contribution is 2.22. The molecule has 0 spiro atoms. The lowest BCUT2D eigenvalue weighted by Crippen LogP contribution is -2.51. The van der Waals surface area contributed by atoms with Gasteiger partial charge in [-0.2, -0.15) is 4.31 Å². The molecule has 1 aliphatic heterocycles. The SMILES string of the molecule is CCN(CC)C(=O)CN1CCN(S(=O)(=O)c2ccccc2C(=O)OC)CC1. The molecule has 8 nitrogen and oxygen atoms in total. The number of esters is 1. The summed E-state index contributed by atoms with van der Waals surface area (Å²) in [5.74, 6) is -0.634. The Labute approximate surface area is 160 Å². The molecule has 0 aromatic heterocycles. The summed E-state index contributed by atoms with van der Waals surface area (Å²) in [5.41, 5.74) is 0.0270. The van der Waals surface area contributed by atoms with Crippen molar-refractivity contribution in [2.75, 3.05) is 52.9 Å². The lowest BCUT2D eigenvalue weighted by molar-refractivity contribution is -0.132. The van der Waals surface area contributed by atoms with Crippen molar-refractivity contribution in [3.8, 4) is 0 Å². The summed E-state index contributed by atoms with van der Waals surface area (Å²) in [6.45, 7) is 6.94. The molecule has 0 radical (unpaired) electrons. The van der Waals surface area contributed by atoms with Gasteiger partial charge in [0.2, 0.25) is 15.9 Å². The van der Waals surface area contributed by atoms with E-state index in [4.69, 9.17) is 4.74 Å². The van der Waals surface area contributed by atoms with Gasteiger partial charge in [-0.15, -0.1) is 0 Å². The maximum absolute atomic E-state index is 13.0. The van der Waals surface area contributed by atoms with Crippen LogP contribution in [0.25, 0.3) is 0 Å². The van der Waals surface area contributed by atoms with Crippen LogP contribution in [0.2, 0.25) is 0 Å². The van der Waals surface area contributed by atoms with Gasteiger partial charge in [-0.3, -0.25) is 9.69 Å². The second-order valence-corrected chi connectivity index (χ2v) is 8.14. The molecule has 1 aromatic carbocycles. The van der Waals surface area contributed by atoms with E-state index < -0.39 is 16.0 Å². The van der Waals surface area contributed by atoms with E-state index in [9.17, 15) is 18.0 Å². The second kappa shape index (κ2) is 9.29. The summed E-state index contributed by atoms with van der Waals surface area (Å²) < 4.78 is 32.0. The third kappa shape index (κ3) is 4.85. The summed E-state index contributed by atoms with van der Waals surface area (Å²) in [5, 5.41) is 0. The lowest BCUT2D eigenvalue weighted by atomic mass is 10.2. The number of rotatable bonds is 7. The molecule has 1 amide bonds. The fourth-order valence-corrected chi connectivity index (χ4v) is 4.71. The first-order valence-electron chi connectivity index (χ1n) is 9.02. The fraction of sp³-hybridized carbons (Fsp3) is 0.556. The van der Waals surface area contributed by atoms with Crippen LogP contribution >= 0.6 is 0 Å². The van der Waals surface area contributed by atoms with Crippen molar-refractivity contribution < 1.29 is 22.7 Å². The van der Waals surface area contributed by atoms with E-state index >= 15 is 0 Å². The van der Waals surface area contributed by atoms with Gasteiger partial charge in [-0.1, -0.05) is 12.1 Å². The Morgan fingerprint density at radius 2 is 1.67 bits per heavy atom. The monoisotopic (exact) mass is 397 g/mol. The Hall–Kier alpha value is -1.97. The molecule has 1 aromatic rings. The van der Waals surface area contributed by atoms with Gasteiger partial charge >= 0.3 is 5.97 Å². The Balaban J connectivity index is 2.07. The van der Waals surface area contributed by atoms with Crippen LogP contribution in [-0.2, 0) is 19.6 Å². The van der Waals surface area contributed by atoms with Crippen LogP contribution in [0.4, 0.5) is 0 Å². The molecule has 0 saturated carbocycles. The minimum atomic E-state index is -3.81. The molecule has 27 heavy (non-hydrogen) atoms. The number of nitrogens with zero attached hydrogens (tertiary/aromatic N) is 3. The maximum atomic E-state index is 13.0. The number of hydrogen-bond acceptors (Lipinski definition) is 6. The van der Waals surface area contributed by atoms with Crippen molar-refractivity contribution >= 4 is 21.9 Å². The van der Waals surface area contributed by atoms with Crippen molar-refractivity contribution in [2.24, 2.45) is 0 Å². The Kier molecular flexibility index (Phi) is 7.34. The lowest BCUT2D eigenvalue weighted by Gasteiger charge is -2.34. The van der Waals surface area contributed by atoms with Crippen LogP contribution < -0.4 is 0 Å². The van der Waals surface area contributed by atoms with Crippen molar-refractivity contribution in [1.82, 2.24) is 14.1 Å². The third-order valence-corrected chi connectivity index (χ3v) is 6.67. The summed E-state index contributed by atoms with van der Waals surface area (Å²) in [6.07, 6.45) is 0. The molecule has 0 N–H and O–H groups in total. The molecule has 0 bridgehead atoms. The maximum Gasteiger partial charge on any atom is 0.339 e. The van der Waals surface area contributed by atoms with Crippen molar-refractivity contribution in [2.45, 2.75) is 18.7 Å². The number of methoxy groups -OCH3 is 1. The van der Waals surface area contributed by atoms with Gasteiger partial charge in [0.05, 0.1) is 24.1 Å². The molecular weight excluding hydrogens is 370 g/mol. The minimum Gasteiger partial charge on any atom is -0.465 e. The van der Waals surface area contributed by atoms with Crippen LogP contribution in [0.15, 0.2) is 29.2 Å². The average Bonchev–Trinajstić information content (AvgIpc) is 2.68. The van der Waals surface area contributed by atoms with Crippen LogP contribution in [0.5, 0.6) is 0 Å². The van der Waals surface area contributed by atoms with E-state index in [1.165, 1.54) is 23.5 Å². The number of amides is 1. The van der Waals surface area contributed by atoms with Gasteiger partial charge in [0.25, 0.3) is 0 Å². The summed E-state index contributed by atoms with van der Waals surface area (Å²) >= 11 is 0. The van der Waals surface area contributed by atoms with Crippen molar-refractivity contribution in [3.05, 3.63) is 29.8 Å². The normalized spacial score (nSPS) is 16.1. The molecule has 9 heteroatoms. The van der Waals surface area contributed by atoms with Crippen molar-refractivity contribution in [3.63, 3.8) is 0 Å². The van der Waals surface area contributed by atoms with Crippen LogP contribution in [0, 0.1) is 0 Å². The fourth-order valence-electron chi connectivity index (χ4n) is 3.10. The summed E-state index contributed by atoms with van der Waals surface area (Å²) in [7, 11) is -2.60. The number of likely N-dealkylation sites (N-methyl/N-ethyl adjacent to an activating group) is 1. The van der Waals surface area contributed by atoms with E-state index in [0.29, 0.717) is 26.2 Å². The first-order valence-corrected chi connectivity index (χ1v) is 10.5. The van der Waals surface area contributed by atoms with Gasteiger partial charge in [-0.05, 0) is 26.0 Å². The Morgan fingerprint density at radius 3 is 2.22 bits per heavy atom. The zero-order valence-electron chi connectivity index (χ0n) is 16.1. The number of benzene rings is 1. The van der Waals surface area contributed by atoms with Crippen LogP contribution in [0.1, 0.15) is 24.2 Å². The largest absolute Gasteiger partial charge is 0.465 e. The molecular formula is C18H27N3O5S. The average molecular weight is 397 g/mol. The molecule has 2 rings (SSSR count).